The SMILES string of the molecule is Cc1ccc(C(=O)/C=C/Oc2cccc([N+](=O)[O-])c2)cc1. The van der Waals surface area contributed by atoms with Crippen molar-refractivity contribution in [2.45, 2.75) is 6.92 Å². The van der Waals surface area contributed by atoms with Crippen LogP contribution >= 0.6 is 0 Å². The summed E-state index contributed by atoms with van der Waals surface area (Å²) in [5.74, 6) is 0.109. The zero-order valence-corrected chi connectivity index (χ0v) is 11.4. The number of hydrogen-bond donors (Lipinski definition) is 0. The van der Waals surface area contributed by atoms with E-state index in [0.717, 1.165) is 5.56 Å². The van der Waals surface area contributed by atoms with Gasteiger partial charge in [0, 0.05) is 17.7 Å². The van der Waals surface area contributed by atoms with Crippen LogP contribution in [0.3, 0.4) is 0 Å². The van der Waals surface area contributed by atoms with Gasteiger partial charge in [-0.1, -0.05) is 35.9 Å². The number of nitro benzene ring substituents is 1. The van der Waals surface area contributed by atoms with E-state index in [2.05, 4.69) is 0 Å². The fourth-order valence-corrected chi connectivity index (χ4v) is 1.66. The fourth-order valence-electron chi connectivity index (χ4n) is 1.66. The van der Waals surface area contributed by atoms with Crippen LogP contribution in [-0.2, 0) is 0 Å². The molecule has 0 aliphatic carbocycles. The van der Waals surface area contributed by atoms with Gasteiger partial charge in [-0.25, -0.2) is 0 Å². The lowest BCUT2D eigenvalue weighted by molar-refractivity contribution is -0.384. The molecule has 106 valence electrons. The molecular weight excluding hydrogens is 270 g/mol. The number of ether oxygens (including phenoxy) is 1. The Morgan fingerprint density at radius 3 is 2.57 bits per heavy atom. The van der Waals surface area contributed by atoms with Gasteiger partial charge >= 0.3 is 0 Å². The minimum Gasteiger partial charge on any atom is -0.465 e. The molecule has 0 spiro atoms. The van der Waals surface area contributed by atoms with Crippen LogP contribution in [0.2, 0.25) is 0 Å². The predicted octanol–water partition coefficient (Wildman–Crippen LogP) is 3.68. The van der Waals surface area contributed by atoms with Crippen molar-refractivity contribution in [2.75, 3.05) is 0 Å². The van der Waals surface area contributed by atoms with Gasteiger partial charge in [0.15, 0.2) is 5.78 Å². The first-order valence-corrected chi connectivity index (χ1v) is 6.25. The number of rotatable bonds is 5. The van der Waals surface area contributed by atoms with Crippen molar-refractivity contribution in [3.63, 3.8) is 0 Å². The lowest BCUT2D eigenvalue weighted by atomic mass is 10.1. The maximum Gasteiger partial charge on any atom is 0.273 e. The average molecular weight is 283 g/mol. The van der Waals surface area contributed by atoms with Crippen LogP contribution in [0.5, 0.6) is 5.75 Å². The summed E-state index contributed by atoms with van der Waals surface area (Å²) in [5.41, 5.74) is 1.56. The van der Waals surface area contributed by atoms with Crippen LogP contribution in [0.15, 0.2) is 60.9 Å². The van der Waals surface area contributed by atoms with Crippen molar-refractivity contribution in [1.29, 1.82) is 0 Å². The molecule has 5 nitrogen and oxygen atoms in total. The van der Waals surface area contributed by atoms with Crippen molar-refractivity contribution in [2.24, 2.45) is 0 Å². The molecule has 0 heterocycles. The van der Waals surface area contributed by atoms with Gasteiger partial charge in [0.05, 0.1) is 17.3 Å². The van der Waals surface area contributed by atoms with E-state index in [9.17, 15) is 14.9 Å². The lowest BCUT2D eigenvalue weighted by Crippen LogP contribution is -1.95. The van der Waals surface area contributed by atoms with Gasteiger partial charge in [-0.3, -0.25) is 14.9 Å². The molecule has 0 saturated heterocycles. The van der Waals surface area contributed by atoms with E-state index in [-0.39, 0.29) is 11.5 Å². The number of non-ortho nitro benzene ring substituents is 1. The average Bonchev–Trinajstić information content (AvgIpc) is 2.48. The molecule has 2 aromatic rings. The minimum absolute atomic E-state index is 0.0641. The van der Waals surface area contributed by atoms with Crippen LogP contribution in [0, 0.1) is 17.0 Å². The summed E-state index contributed by atoms with van der Waals surface area (Å²) < 4.78 is 5.21. The van der Waals surface area contributed by atoms with Gasteiger partial charge in [0.2, 0.25) is 0 Å². The molecule has 0 bridgehead atoms. The Morgan fingerprint density at radius 1 is 1.19 bits per heavy atom. The minimum atomic E-state index is -0.506. The zero-order chi connectivity index (χ0) is 15.2. The molecule has 0 atom stereocenters. The Hall–Kier alpha value is -2.95. The Bertz CT molecular complexity index is 690. The number of nitrogens with zero attached hydrogens (tertiary/aromatic N) is 1. The summed E-state index contributed by atoms with van der Waals surface area (Å²) in [6.07, 6.45) is 2.50. The summed E-state index contributed by atoms with van der Waals surface area (Å²) in [6.45, 7) is 1.94. The molecule has 0 aliphatic rings. The molecule has 2 rings (SSSR count). The number of carbonyl (C=O) groups excluding carboxylic acids is 1. The largest absolute Gasteiger partial charge is 0.465 e. The number of aryl methyl sites for hydroxylation is 1. The first kappa shape index (κ1) is 14.5. The zero-order valence-electron chi connectivity index (χ0n) is 11.4. The summed E-state index contributed by atoms with van der Waals surface area (Å²) >= 11 is 0. The topological polar surface area (TPSA) is 69.4 Å². The third-order valence-corrected chi connectivity index (χ3v) is 2.79. The number of nitro groups is 1. The molecule has 0 amide bonds. The van der Waals surface area contributed by atoms with Crippen LogP contribution in [0.4, 0.5) is 5.69 Å². The second-order valence-electron chi connectivity index (χ2n) is 4.41. The molecule has 0 unspecified atom stereocenters. The molecular formula is C16H13NO4. The Balaban J connectivity index is 2.02. The molecule has 0 saturated carbocycles. The molecule has 0 radical (unpaired) electrons. The number of benzene rings is 2. The van der Waals surface area contributed by atoms with Crippen LogP contribution in [-0.4, -0.2) is 10.7 Å². The molecule has 21 heavy (non-hydrogen) atoms. The molecule has 0 N–H and O–H groups in total. The van der Waals surface area contributed by atoms with Gasteiger partial charge in [-0.05, 0) is 13.0 Å². The Morgan fingerprint density at radius 2 is 1.90 bits per heavy atom. The van der Waals surface area contributed by atoms with Crippen molar-refractivity contribution < 1.29 is 14.5 Å². The quantitative estimate of drug-likeness (QED) is 0.276. The molecule has 0 aromatic heterocycles. The van der Waals surface area contributed by atoms with Crippen LogP contribution < -0.4 is 4.74 Å². The van der Waals surface area contributed by atoms with Gasteiger partial charge in [0.25, 0.3) is 5.69 Å². The highest BCUT2D eigenvalue weighted by atomic mass is 16.6. The molecule has 2 aromatic carbocycles. The molecule has 0 fully saturated rings. The van der Waals surface area contributed by atoms with E-state index in [0.29, 0.717) is 11.3 Å². The molecule has 0 aliphatic heterocycles. The van der Waals surface area contributed by atoms with E-state index in [1.807, 2.05) is 19.1 Å². The predicted molar refractivity (Wildman–Crippen MR) is 78.4 cm³/mol. The van der Waals surface area contributed by atoms with Crippen molar-refractivity contribution >= 4 is 11.5 Å². The summed E-state index contributed by atoms with van der Waals surface area (Å²) in [5, 5.41) is 10.6. The Labute approximate surface area is 121 Å². The Kier molecular flexibility index (Phi) is 4.46. The number of carbonyl (C=O) groups is 1. The third kappa shape index (κ3) is 4.01. The van der Waals surface area contributed by atoms with Crippen molar-refractivity contribution in [3.05, 3.63) is 82.1 Å². The van der Waals surface area contributed by atoms with E-state index >= 15 is 0 Å². The number of hydrogen-bond acceptors (Lipinski definition) is 4. The third-order valence-electron chi connectivity index (χ3n) is 2.79. The van der Waals surface area contributed by atoms with Gasteiger partial charge < -0.3 is 4.74 Å². The van der Waals surface area contributed by atoms with E-state index in [1.165, 1.54) is 30.5 Å². The second kappa shape index (κ2) is 6.47. The van der Waals surface area contributed by atoms with Gasteiger partial charge in [-0.15, -0.1) is 0 Å². The van der Waals surface area contributed by atoms with Crippen LogP contribution in [0.1, 0.15) is 15.9 Å². The van der Waals surface area contributed by atoms with Gasteiger partial charge in [0.1, 0.15) is 5.75 Å². The maximum absolute atomic E-state index is 11.8. The summed E-state index contributed by atoms with van der Waals surface area (Å²) in [7, 11) is 0. The highest BCUT2D eigenvalue weighted by Gasteiger charge is 2.06. The van der Waals surface area contributed by atoms with Gasteiger partial charge in [-0.2, -0.15) is 0 Å². The van der Waals surface area contributed by atoms with Crippen molar-refractivity contribution in [3.8, 4) is 5.75 Å². The summed E-state index contributed by atoms with van der Waals surface area (Å²) in [4.78, 5) is 22.0. The maximum atomic E-state index is 11.8. The normalized spacial score (nSPS) is 10.5. The van der Waals surface area contributed by atoms with E-state index in [4.69, 9.17) is 4.74 Å². The summed E-state index contributed by atoms with van der Waals surface area (Å²) in [6, 6.07) is 12.9. The standard InChI is InChI=1S/C16H13NO4/c1-12-5-7-13(8-6-12)16(18)9-10-21-15-4-2-3-14(11-15)17(19)20/h2-11H,1H3/b10-9+. The fraction of sp³-hybridized carbons (Fsp3) is 0.0625. The first-order valence-electron chi connectivity index (χ1n) is 6.25. The van der Waals surface area contributed by atoms with Crippen LogP contribution in [0.25, 0.3) is 0 Å². The smallest absolute Gasteiger partial charge is 0.273 e. The second-order valence-corrected chi connectivity index (χ2v) is 4.41. The highest BCUT2D eigenvalue weighted by molar-refractivity contribution is 6.04. The van der Waals surface area contributed by atoms with E-state index < -0.39 is 4.92 Å². The highest BCUT2D eigenvalue weighted by Crippen LogP contribution is 2.19. The monoisotopic (exact) mass is 283 g/mol. The first-order chi connectivity index (χ1) is 10.1. The molecule has 5 heteroatoms. The lowest BCUT2D eigenvalue weighted by Gasteiger charge is -2.00. The number of ketones is 1. The van der Waals surface area contributed by atoms with E-state index in [1.54, 1.807) is 18.2 Å². The van der Waals surface area contributed by atoms with Crippen molar-refractivity contribution in [1.82, 2.24) is 0 Å². The number of allylic oxidation sites excluding steroid dienone is 1.